The van der Waals surface area contributed by atoms with Crippen LogP contribution < -0.4 is 9.47 Å². The Kier molecular flexibility index (Phi) is 3.69. The van der Waals surface area contributed by atoms with E-state index < -0.39 is 9.84 Å². The topological polar surface area (TPSA) is 52.6 Å². The Bertz CT molecular complexity index is 653. The third-order valence-corrected chi connectivity index (χ3v) is 6.96. The Labute approximate surface area is 125 Å². The fraction of sp³-hybridized carbons (Fsp3) is 0.500. The predicted octanol–water partition coefficient (Wildman–Crippen LogP) is 2.52. The van der Waals surface area contributed by atoms with Crippen LogP contribution in [0.25, 0.3) is 0 Å². The molecule has 21 heavy (non-hydrogen) atoms. The molecule has 5 heteroatoms. The molecule has 0 spiro atoms. The maximum atomic E-state index is 12.1. The van der Waals surface area contributed by atoms with E-state index in [1.54, 1.807) is 14.2 Å². The van der Waals surface area contributed by atoms with E-state index in [-0.39, 0.29) is 10.5 Å². The van der Waals surface area contributed by atoms with E-state index in [4.69, 9.17) is 9.47 Å². The lowest BCUT2D eigenvalue weighted by Gasteiger charge is -2.20. The summed E-state index contributed by atoms with van der Waals surface area (Å²) in [5.41, 5.74) is 2.31. The van der Waals surface area contributed by atoms with Gasteiger partial charge in [0.05, 0.1) is 24.7 Å². The average Bonchev–Trinajstić information content (AvgIpc) is 2.67. The monoisotopic (exact) mass is 308 g/mol. The zero-order valence-corrected chi connectivity index (χ0v) is 13.2. The number of benzene rings is 1. The van der Waals surface area contributed by atoms with Crippen molar-refractivity contribution in [2.24, 2.45) is 0 Å². The van der Waals surface area contributed by atoms with E-state index >= 15 is 0 Å². The second-order valence-corrected chi connectivity index (χ2v) is 8.20. The Balaban J connectivity index is 1.85. The van der Waals surface area contributed by atoms with Gasteiger partial charge < -0.3 is 9.47 Å². The SMILES string of the molecule is COc1cc(CC2=CC3CCC(C2)S3(=O)=O)cc(OC)c1. The molecule has 4 nitrogen and oxygen atoms in total. The first kappa shape index (κ1) is 14.4. The minimum Gasteiger partial charge on any atom is -0.497 e. The molecule has 2 heterocycles. The molecular weight excluding hydrogens is 288 g/mol. The van der Waals surface area contributed by atoms with Crippen LogP contribution >= 0.6 is 0 Å². The first-order valence-electron chi connectivity index (χ1n) is 7.17. The number of hydrogen-bond acceptors (Lipinski definition) is 4. The highest BCUT2D eigenvalue weighted by molar-refractivity contribution is 7.93. The summed E-state index contributed by atoms with van der Waals surface area (Å²) in [7, 11) is 0.355. The molecule has 2 aliphatic heterocycles. The fourth-order valence-corrected chi connectivity index (χ4v) is 5.56. The minimum atomic E-state index is -2.91. The van der Waals surface area contributed by atoms with Crippen LogP contribution in [0.4, 0.5) is 0 Å². The molecule has 0 amide bonds. The quantitative estimate of drug-likeness (QED) is 0.802. The minimum absolute atomic E-state index is 0.171. The largest absolute Gasteiger partial charge is 0.497 e. The normalized spacial score (nSPS) is 26.3. The molecule has 0 radical (unpaired) electrons. The maximum Gasteiger partial charge on any atom is 0.159 e. The van der Waals surface area contributed by atoms with Crippen molar-refractivity contribution in [3.8, 4) is 11.5 Å². The Morgan fingerprint density at radius 3 is 2.33 bits per heavy atom. The molecule has 2 bridgehead atoms. The molecule has 0 saturated carbocycles. The van der Waals surface area contributed by atoms with Gasteiger partial charge in [-0.05, 0) is 43.4 Å². The second-order valence-electron chi connectivity index (χ2n) is 5.75. The third-order valence-electron chi connectivity index (χ3n) is 4.41. The van der Waals surface area contributed by atoms with Gasteiger partial charge in [-0.15, -0.1) is 0 Å². The zero-order chi connectivity index (χ0) is 15.0. The summed E-state index contributed by atoms with van der Waals surface area (Å²) in [5, 5.41) is -0.436. The van der Waals surface area contributed by atoms with Crippen LogP contribution in [0.2, 0.25) is 0 Å². The number of ether oxygens (including phenoxy) is 2. The number of hydrogen-bond donors (Lipinski definition) is 0. The van der Waals surface area contributed by atoms with Gasteiger partial charge in [-0.3, -0.25) is 0 Å². The van der Waals surface area contributed by atoms with Gasteiger partial charge in [0, 0.05) is 6.07 Å². The predicted molar refractivity (Wildman–Crippen MR) is 81.7 cm³/mol. The van der Waals surface area contributed by atoms with Gasteiger partial charge in [0.2, 0.25) is 0 Å². The summed E-state index contributed by atoms with van der Waals surface area (Å²) >= 11 is 0. The smallest absolute Gasteiger partial charge is 0.159 e. The van der Waals surface area contributed by atoms with Crippen LogP contribution in [0.5, 0.6) is 11.5 Å². The van der Waals surface area contributed by atoms with Crippen molar-refractivity contribution in [1.29, 1.82) is 0 Å². The van der Waals surface area contributed by atoms with Crippen LogP contribution in [-0.2, 0) is 16.3 Å². The lowest BCUT2D eigenvalue weighted by atomic mass is 10.0. The number of methoxy groups -OCH3 is 2. The molecule has 0 aliphatic carbocycles. The van der Waals surface area contributed by atoms with Crippen LogP contribution in [0.3, 0.4) is 0 Å². The van der Waals surface area contributed by atoms with Gasteiger partial charge in [0.25, 0.3) is 0 Å². The number of fused-ring (bicyclic) bond motifs is 2. The molecule has 1 aromatic rings. The van der Waals surface area contributed by atoms with E-state index in [0.717, 1.165) is 36.3 Å². The summed E-state index contributed by atoms with van der Waals surface area (Å²) in [6.07, 6.45) is 4.96. The summed E-state index contributed by atoms with van der Waals surface area (Å²) < 4.78 is 34.7. The highest BCUT2D eigenvalue weighted by atomic mass is 32.2. The first-order chi connectivity index (χ1) is 10.0. The van der Waals surface area contributed by atoms with E-state index in [0.29, 0.717) is 6.42 Å². The van der Waals surface area contributed by atoms with Gasteiger partial charge in [0.1, 0.15) is 11.5 Å². The van der Waals surface area contributed by atoms with Gasteiger partial charge in [-0.1, -0.05) is 11.6 Å². The maximum absolute atomic E-state index is 12.1. The van der Waals surface area contributed by atoms with Crippen LogP contribution in [0.15, 0.2) is 29.8 Å². The van der Waals surface area contributed by atoms with Crippen molar-refractivity contribution in [3.63, 3.8) is 0 Å². The Hall–Kier alpha value is -1.49. The second kappa shape index (κ2) is 5.37. The highest BCUT2D eigenvalue weighted by Gasteiger charge is 2.42. The molecule has 0 aromatic heterocycles. The van der Waals surface area contributed by atoms with E-state index in [2.05, 4.69) is 0 Å². The molecular formula is C16H20O4S. The average molecular weight is 308 g/mol. The number of rotatable bonds is 4. The molecule has 1 aromatic carbocycles. The van der Waals surface area contributed by atoms with Crippen molar-refractivity contribution < 1.29 is 17.9 Å². The van der Waals surface area contributed by atoms with Gasteiger partial charge in [0.15, 0.2) is 9.84 Å². The van der Waals surface area contributed by atoms with E-state index in [1.807, 2.05) is 24.3 Å². The molecule has 2 unspecified atom stereocenters. The van der Waals surface area contributed by atoms with Gasteiger partial charge >= 0.3 is 0 Å². The molecule has 1 fully saturated rings. The number of allylic oxidation sites excluding steroid dienone is 1. The van der Waals surface area contributed by atoms with Crippen molar-refractivity contribution in [2.75, 3.05) is 14.2 Å². The van der Waals surface area contributed by atoms with Crippen molar-refractivity contribution in [3.05, 3.63) is 35.4 Å². The third kappa shape index (κ3) is 2.67. The van der Waals surface area contributed by atoms with Gasteiger partial charge in [-0.2, -0.15) is 0 Å². The van der Waals surface area contributed by atoms with Crippen LogP contribution in [0, 0.1) is 0 Å². The first-order valence-corrected chi connectivity index (χ1v) is 8.78. The highest BCUT2D eigenvalue weighted by Crippen LogP contribution is 2.38. The standard InChI is InChI=1S/C16H20O4S/c1-19-13-6-11(7-14(10-13)20-2)5-12-8-15-3-4-16(9-12)21(15,17)18/h6-8,10,15-16H,3-5,9H2,1-2H3. The van der Waals surface area contributed by atoms with Gasteiger partial charge in [-0.25, -0.2) is 8.42 Å². The molecule has 2 aliphatic rings. The summed E-state index contributed by atoms with van der Waals surface area (Å²) in [6.45, 7) is 0. The van der Waals surface area contributed by atoms with E-state index in [9.17, 15) is 8.42 Å². The number of sulfone groups is 1. The lowest BCUT2D eigenvalue weighted by molar-refractivity contribution is 0.393. The van der Waals surface area contributed by atoms with E-state index in [1.165, 1.54) is 5.57 Å². The molecule has 114 valence electrons. The fourth-order valence-electron chi connectivity index (χ4n) is 3.31. The Morgan fingerprint density at radius 2 is 1.76 bits per heavy atom. The van der Waals surface area contributed by atoms with Crippen molar-refractivity contribution in [1.82, 2.24) is 0 Å². The zero-order valence-electron chi connectivity index (χ0n) is 12.3. The molecule has 0 N–H and O–H groups in total. The molecule has 3 rings (SSSR count). The summed E-state index contributed by atoms with van der Waals surface area (Å²) in [4.78, 5) is 0. The summed E-state index contributed by atoms with van der Waals surface area (Å²) in [6, 6.07) is 5.80. The lowest BCUT2D eigenvalue weighted by Crippen LogP contribution is -2.27. The molecule has 1 saturated heterocycles. The van der Waals surface area contributed by atoms with Crippen molar-refractivity contribution >= 4 is 9.84 Å². The molecule has 2 atom stereocenters. The van der Waals surface area contributed by atoms with Crippen LogP contribution in [0.1, 0.15) is 24.8 Å². The van der Waals surface area contributed by atoms with Crippen molar-refractivity contribution in [2.45, 2.75) is 36.2 Å². The Morgan fingerprint density at radius 1 is 1.10 bits per heavy atom. The van der Waals surface area contributed by atoms with Crippen LogP contribution in [-0.4, -0.2) is 33.1 Å². The summed E-state index contributed by atoms with van der Waals surface area (Å²) in [5.74, 6) is 1.52.